The second-order valence-electron chi connectivity index (χ2n) is 6.46. The molecule has 0 atom stereocenters. The Morgan fingerprint density at radius 2 is 1.89 bits per heavy atom. The minimum absolute atomic E-state index is 0.0664. The zero-order chi connectivity index (χ0) is 20.1. The molecule has 0 unspecified atom stereocenters. The largest absolute Gasteiger partial charge is 0.383 e. The van der Waals surface area contributed by atoms with Crippen LogP contribution in [0.3, 0.4) is 0 Å². The molecule has 0 radical (unpaired) electrons. The Bertz CT molecular complexity index is 975. The summed E-state index contributed by atoms with van der Waals surface area (Å²) >= 11 is 1.42. The highest BCUT2D eigenvalue weighted by molar-refractivity contribution is 7.15. The Hall–Kier alpha value is -2.77. The lowest BCUT2D eigenvalue weighted by molar-refractivity contribution is -0.117. The molecule has 0 aliphatic rings. The van der Waals surface area contributed by atoms with E-state index in [1.807, 2.05) is 50.2 Å². The van der Waals surface area contributed by atoms with E-state index in [1.54, 1.807) is 13.2 Å². The summed E-state index contributed by atoms with van der Waals surface area (Å²) in [7, 11) is 1.57. The normalized spacial score (nSPS) is 10.8. The van der Waals surface area contributed by atoms with E-state index in [-0.39, 0.29) is 18.4 Å². The summed E-state index contributed by atoms with van der Waals surface area (Å²) in [6.07, 6.45) is 0. The zero-order valence-corrected chi connectivity index (χ0v) is 17.0. The van der Waals surface area contributed by atoms with Crippen molar-refractivity contribution in [3.05, 3.63) is 58.6 Å². The Kier molecular flexibility index (Phi) is 6.38. The Labute approximate surface area is 168 Å². The summed E-state index contributed by atoms with van der Waals surface area (Å²) in [5, 5.41) is 5.18. The molecule has 2 amide bonds. The fraction of sp³-hybridized carbons (Fsp3) is 0.286. The van der Waals surface area contributed by atoms with Gasteiger partial charge in [0, 0.05) is 24.1 Å². The van der Waals surface area contributed by atoms with E-state index in [9.17, 15) is 9.59 Å². The Morgan fingerprint density at radius 3 is 2.61 bits per heavy atom. The predicted octanol–water partition coefficient (Wildman–Crippen LogP) is 3.64. The molecule has 3 aromatic rings. The molecule has 0 fully saturated rings. The third-order valence-corrected chi connectivity index (χ3v) is 5.47. The number of carbonyl (C=O) groups is 2. The summed E-state index contributed by atoms with van der Waals surface area (Å²) in [5.41, 5.74) is 1.46. The number of carbonyl (C=O) groups excluding carboxylic acids is 2. The van der Waals surface area contributed by atoms with Crippen LogP contribution in [-0.4, -0.2) is 48.5 Å². The number of aromatic nitrogens is 1. The molecule has 0 spiro atoms. The molecule has 0 saturated heterocycles. The third-order valence-electron chi connectivity index (χ3n) is 4.48. The average molecular weight is 398 g/mol. The first kappa shape index (κ1) is 20.0. The van der Waals surface area contributed by atoms with Gasteiger partial charge in [-0.2, -0.15) is 0 Å². The van der Waals surface area contributed by atoms with E-state index in [1.165, 1.54) is 16.2 Å². The number of anilines is 1. The van der Waals surface area contributed by atoms with Crippen molar-refractivity contribution in [1.82, 2.24) is 9.88 Å². The number of thiazole rings is 1. The van der Waals surface area contributed by atoms with E-state index >= 15 is 0 Å². The number of amides is 2. The van der Waals surface area contributed by atoms with Gasteiger partial charge in [-0.05, 0) is 30.7 Å². The van der Waals surface area contributed by atoms with Crippen LogP contribution in [0, 0.1) is 13.8 Å². The zero-order valence-electron chi connectivity index (χ0n) is 16.2. The van der Waals surface area contributed by atoms with Gasteiger partial charge in [0.15, 0.2) is 5.13 Å². The molecule has 28 heavy (non-hydrogen) atoms. The van der Waals surface area contributed by atoms with E-state index in [0.717, 1.165) is 21.3 Å². The quantitative estimate of drug-likeness (QED) is 0.661. The third kappa shape index (κ3) is 4.55. The lowest BCUT2D eigenvalue weighted by Gasteiger charge is -2.22. The molecule has 0 aliphatic heterocycles. The van der Waals surface area contributed by atoms with Gasteiger partial charge < -0.3 is 15.0 Å². The number of methoxy groups -OCH3 is 1. The molecule has 1 heterocycles. The first-order valence-corrected chi connectivity index (χ1v) is 9.81. The molecule has 0 saturated carbocycles. The fourth-order valence-electron chi connectivity index (χ4n) is 2.89. The minimum Gasteiger partial charge on any atom is -0.383 e. The number of aryl methyl sites for hydroxylation is 2. The van der Waals surface area contributed by atoms with Gasteiger partial charge in [-0.1, -0.05) is 36.4 Å². The van der Waals surface area contributed by atoms with E-state index in [2.05, 4.69) is 10.3 Å². The molecule has 0 aliphatic carbocycles. The van der Waals surface area contributed by atoms with Crippen molar-refractivity contribution < 1.29 is 14.3 Å². The lowest BCUT2D eigenvalue weighted by Crippen LogP contribution is -2.40. The highest BCUT2D eigenvalue weighted by atomic mass is 32.1. The van der Waals surface area contributed by atoms with E-state index < -0.39 is 0 Å². The lowest BCUT2D eigenvalue weighted by atomic mass is 10.0. The number of benzene rings is 2. The molecule has 2 aromatic carbocycles. The molecule has 1 N–H and O–H groups in total. The van der Waals surface area contributed by atoms with Crippen LogP contribution in [0.2, 0.25) is 0 Å². The number of ether oxygens (including phenoxy) is 1. The van der Waals surface area contributed by atoms with E-state index in [0.29, 0.717) is 23.8 Å². The SMILES string of the molecule is COCCN(CC(=O)Nc1nc(C)c(C)s1)C(=O)c1cccc2ccccc12. The minimum atomic E-state index is -0.279. The van der Waals surface area contributed by atoms with Gasteiger partial charge in [-0.15, -0.1) is 11.3 Å². The smallest absolute Gasteiger partial charge is 0.255 e. The van der Waals surface area contributed by atoms with Crippen LogP contribution in [0.25, 0.3) is 10.8 Å². The van der Waals surface area contributed by atoms with Gasteiger partial charge in [0.1, 0.15) is 6.54 Å². The van der Waals surface area contributed by atoms with Crippen molar-refractivity contribution in [3.63, 3.8) is 0 Å². The fourth-order valence-corrected chi connectivity index (χ4v) is 3.73. The predicted molar refractivity (Wildman–Crippen MR) is 112 cm³/mol. The summed E-state index contributed by atoms with van der Waals surface area (Å²) in [6, 6.07) is 13.3. The van der Waals surface area contributed by atoms with Crippen molar-refractivity contribution in [3.8, 4) is 0 Å². The van der Waals surface area contributed by atoms with Crippen molar-refractivity contribution in [1.29, 1.82) is 0 Å². The molecule has 7 heteroatoms. The average Bonchev–Trinajstić information content (AvgIpc) is 3.00. The van der Waals surface area contributed by atoms with Crippen LogP contribution in [0.1, 0.15) is 20.9 Å². The molecule has 1 aromatic heterocycles. The number of nitrogens with zero attached hydrogens (tertiary/aromatic N) is 2. The topological polar surface area (TPSA) is 71.5 Å². The number of rotatable bonds is 7. The number of hydrogen-bond acceptors (Lipinski definition) is 5. The van der Waals surface area contributed by atoms with Gasteiger partial charge in [-0.25, -0.2) is 4.98 Å². The summed E-state index contributed by atoms with van der Waals surface area (Å²) in [4.78, 5) is 32.6. The van der Waals surface area contributed by atoms with Gasteiger partial charge in [-0.3, -0.25) is 9.59 Å². The standard InChI is InChI=1S/C21H23N3O3S/c1-14-15(2)28-21(22-14)23-19(25)13-24(11-12-27-3)20(26)18-10-6-8-16-7-4-5-9-17(16)18/h4-10H,11-13H2,1-3H3,(H,22,23,25). The van der Waals surface area contributed by atoms with Crippen LogP contribution in [-0.2, 0) is 9.53 Å². The van der Waals surface area contributed by atoms with Crippen LogP contribution in [0.4, 0.5) is 5.13 Å². The Balaban J connectivity index is 1.80. The molecular weight excluding hydrogens is 374 g/mol. The van der Waals surface area contributed by atoms with E-state index in [4.69, 9.17) is 4.74 Å². The van der Waals surface area contributed by atoms with Gasteiger partial charge >= 0.3 is 0 Å². The Morgan fingerprint density at radius 1 is 1.14 bits per heavy atom. The van der Waals surface area contributed by atoms with Crippen molar-refractivity contribution >= 4 is 39.1 Å². The first-order chi connectivity index (χ1) is 13.5. The van der Waals surface area contributed by atoms with Crippen LogP contribution in [0.5, 0.6) is 0 Å². The summed E-state index contributed by atoms with van der Waals surface area (Å²) in [6.45, 7) is 4.46. The highest BCUT2D eigenvalue weighted by Gasteiger charge is 2.21. The number of nitrogens with one attached hydrogen (secondary N) is 1. The van der Waals surface area contributed by atoms with Crippen LogP contribution in [0.15, 0.2) is 42.5 Å². The molecular formula is C21H23N3O3S. The van der Waals surface area contributed by atoms with Gasteiger partial charge in [0.05, 0.1) is 12.3 Å². The summed E-state index contributed by atoms with van der Waals surface area (Å²) in [5.74, 6) is -0.478. The number of hydrogen-bond donors (Lipinski definition) is 1. The van der Waals surface area contributed by atoms with Crippen LogP contribution >= 0.6 is 11.3 Å². The van der Waals surface area contributed by atoms with Crippen molar-refractivity contribution in [2.45, 2.75) is 13.8 Å². The molecule has 6 nitrogen and oxygen atoms in total. The maximum absolute atomic E-state index is 13.2. The maximum atomic E-state index is 13.2. The molecule has 3 rings (SSSR count). The monoisotopic (exact) mass is 397 g/mol. The summed E-state index contributed by atoms with van der Waals surface area (Å²) < 4.78 is 5.13. The van der Waals surface area contributed by atoms with Gasteiger partial charge in [0.25, 0.3) is 5.91 Å². The first-order valence-electron chi connectivity index (χ1n) is 8.99. The maximum Gasteiger partial charge on any atom is 0.255 e. The highest BCUT2D eigenvalue weighted by Crippen LogP contribution is 2.22. The molecule has 0 bridgehead atoms. The van der Waals surface area contributed by atoms with Crippen molar-refractivity contribution in [2.24, 2.45) is 0 Å². The molecule has 146 valence electrons. The van der Waals surface area contributed by atoms with Crippen molar-refractivity contribution in [2.75, 3.05) is 32.1 Å². The van der Waals surface area contributed by atoms with Gasteiger partial charge in [0.2, 0.25) is 5.91 Å². The number of fused-ring (bicyclic) bond motifs is 1. The second-order valence-corrected chi connectivity index (χ2v) is 7.66. The van der Waals surface area contributed by atoms with Crippen LogP contribution < -0.4 is 5.32 Å². The second kappa shape index (κ2) is 8.95.